The van der Waals surface area contributed by atoms with Crippen molar-refractivity contribution >= 4 is 32.6 Å². The quantitative estimate of drug-likeness (QED) is 0.684. The van der Waals surface area contributed by atoms with E-state index in [0.717, 1.165) is 29.5 Å². The number of hydrogen-bond acceptors (Lipinski definition) is 5. The highest BCUT2D eigenvalue weighted by atomic mass is 32.1. The molecular weight excluding hydrogens is 358 g/mol. The molecule has 27 heavy (non-hydrogen) atoms. The van der Waals surface area contributed by atoms with Gasteiger partial charge in [0.15, 0.2) is 5.13 Å². The minimum absolute atomic E-state index is 0.0787. The number of fused-ring (bicyclic) bond motifs is 1. The molecule has 0 bridgehead atoms. The molecule has 0 atom stereocenters. The Balaban J connectivity index is 1.39. The normalized spacial score (nSPS) is 14.8. The number of hydrogen-bond donors (Lipinski definition) is 0. The molecule has 0 unspecified atom stereocenters. The third-order valence-electron chi connectivity index (χ3n) is 4.59. The molecule has 0 spiro atoms. The Bertz CT molecular complexity index is 895. The fourth-order valence-corrected chi connectivity index (χ4v) is 4.24. The van der Waals surface area contributed by atoms with Crippen LogP contribution in [0.2, 0.25) is 0 Å². The van der Waals surface area contributed by atoms with Crippen LogP contribution in [0.4, 0.5) is 5.13 Å². The highest BCUT2D eigenvalue weighted by Crippen LogP contribution is 2.29. The monoisotopic (exact) mass is 381 g/mol. The highest BCUT2D eigenvalue weighted by molar-refractivity contribution is 7.22. The average Bonchev–Trinajstić information content (AvgIpc) is 3.12. The van der Waals surface area contributed by atoms with Gasteiger partial charge in [-0.25, -0.2) is 4.98 Å². The summed E-state index contributed by atoms with van der Waals surface area (Å²) in [7, 11) is 0. The molecule has 0 N–H and O–H groups in total. The minimum Gasteiger partial charge on any atom is -0.491 e. The number of thiazole rings is 1. The Hall–Kier alpha value is -2.60. The lowest BCUT2D eigenvalue weighted by atomic mass is 10.1. The smallest absolute Gasteiger partial charge is 0.253 e. The number of aromatic nitrogens is 1. The van der Waals surface area contributed by atoms with E-state index in [2.05, 4.69) is 11.0 Å². The number of benzene rings is 2. The van der Waals surface area contributed by atoms with Crippen molar-refractivity contribution in [2.45, 2.75) is 20.0 Å². The summed E-state index contributed by atoms with van der Waals surface area (Å²) >= 11 is 1.71. The second-order valence-electron chi connectivity index (χ2n) is 6.93. The van der Waals surface area contributed by atoms with Crippen molar-refractivity contribution in [3.63, 3.8) is 0 Å². The molecule has 1 saturated heterocycles. The maximum atomic E-state index is 12.8. The van der Waals surface area contributed by atoms with Crippen LogP contribution in [0.15, 0.2) is 48.5 Å². The van der Waals surface area contributed by atoms with Crippen molar-refractivity contribution in [2.75, 3.05) is 31.1 Å². The van der Waals surface area contributed by atoms with E-state index in [1.54, 1.807) is 11.3 Å². The number of rotatable bonds is 4. The summed E-state index contributed by atoms with van der Waals surface area (Å²) in [5, 5.41) is 1.04. The molecule has 6 heteroatoms. The van der Waals surface area contributed by atoms with E-state index in [9.17, 15) is 4.79 Å². The lowest BCUT2D eigenvalue weighted by Crippen LogP contribution is -2.48. The number of para-hydroxylation sites is 1. The van der Waals surface area contributed by atoms with Gasteiger partial charge in [-0.05, 0) is 50.2 Å². The summed E-state index contributed by atoms with van der Waals surface area (Å²) < 4.78 is 6.85. The molecule has 2 aromatic carbocycles. The minimum atomic E-state index is 0.0787. The van der Waals surface area contributed by atoms with Crippen molar-refractivity contribution in [1.29, 1.82) is 0 Å². The van der Waals surface area contributed by atoms with E-state index in [4.69, 9.17) is 9.72 Å². The second kappa shape index (κ2) is 7.56. The van der Waals surface area contributed by atoms with E-state index in [1.165, 1.54) is 4.70 Å². The fourth-order valence-electron chi connectivity index (χ4n) is 3.23. The first-order valence-electron chi connectivity index (χ1n) is 9.26. The first-order valence-corrected chi connectivity index (χ1v) is 10.1. The Morgan fingerprint density at radius 3 is 2.41 bits per heavy atom. The predicted octanol–water partition coefficient (Wildman–Crippen LogP) is 4.05. The van der Waals surface area contributed by atoms with Crippen LogP contribution in [-0.2, 0) is 0 Å². The number of carbonyl (C=O) groups excluding carboxylic acids is 1. The van der Waals surface area contributed by atoms with Gasteiger partial charge < -0.3 is 14.5 Å². The molecule has 1 aliphatic heterocycles. The molecule has 5 nitrogen and oxygen atoms in total. The van der Waals surface area contributed by atoms with E-state index < -0.39 is 0 Å². The topological polar surface area (TPSA) is 45.7 Å². The summed E-state index contributed by atoms with van der Waals surface area (Å²) in [4.78, 5) is 21.7. The van der Waals surface area contributed by atoms with Gasteiger partial charge in [-0.1, -0.05) is 23.5 Å². The number of piperazine rings is 1. The van der Waals surface area contributed by atoms with Crippen LogP contribution in [0.3, 0.4) is 0 Å². The van der Waals surface area contributed by atoms with E-state index in [-0.39, 0.29) is 12.0 Å². The van der Waals surface area contributed by atoms with Crippen molar-refractivity contribution in [2.24, 2.45) is 0 Å². The van der Waals surface area contributed by atoms with Gasteiger partial charge in [-0.3, -0.25) is 4.79 Å². The van der Waals surface area contributed by atoms with Crippen molar-refractivity contribution < 1.29 is 9.53 Å². The summed E-state index contributed by atoms with van der Waals surface area (Å²) in [6.45, 7) is 7.01. The molecule has 140 valence electrons. The molecule has 2 heterocycles. The lowest BCUT2D eigenvalue weighted by molar-refractivity contribution is 0.0746. The highest BCUT2D eigenvalue weighted by Gasteiger charge is 2.24. The van der Waals surface area contributed by atoms with Crippen LogP contribution < -0.4 is 9.64 Å². The molecular formula is C21H23N3O2S. The van der Waals surface area contributed by atoms with Gasteiger partial charge in [0.2, 0.25) is 0 Å². The van der Waals surface area contributed by atoms with Crippen LogP contribution >= 0.6 is 11.3 Å². The fraction of sp³-hybridized carbons (Fsp3) is 0.333. The summed E-state index contributed by atoms with van der Waals surface area (Å²) in [5.74, 6) is 0.872. The maximum absolute atomic E-state index is 12.8. The molecule has 1 fully saturated rings. The zero-order chi connectivity index (χ0) is 18.8. The number of nitrogens with zero attached hydrogens (tertiary/aromatic N) is 3. The standard InChI is InChI=1S/C21H23N3O2S/c1-15(2)26-17-9-7-16(8-10-17)20(25)23-11-13-24(14-12-23)21-22-18-5-3-4-6-19(18)27-21/h3-10,15H,11-14H2,1-2H3. The molecule has 4 rings (SSSR count). The van der Waals surface area contributed by atoms with E-state index in [1.807, 2.05) is 61.2 Å². The number of carbonyl (C=O) groups is 1. The maximum Gasteiger partial charge on any atom is 0.253 e. The molecule has 1 aromatic heterocycles. The average molecular weight is 382 g/mol. The number of anilines is 1. The number of amides is 1. The Morgan fingerprint density at radius 2 is 1.74 bits per heavy atom. The van der Waals surface area contributed by atoms with Crippen LogP contribution in [-0.4, -0.2) is 48.1 Å². The van der Waals surface area contributed by atoms with Crippen LogP contribution in [0, 0.1) is 0 Å². The summed E-state index contributed by atoms with van der Waals surface area (Å²) in [6, 6.07) is 15.6. The van der Waals surface area contributed by atoms with Crippen molar-refractivity contribution in [3.8, 4) is 5.75 Å². The van der Waals surface area contributed by atoms with E-state index >= 15 is 0 Å². The Kier molecular flexibility index (Phi) is 4.99. The third kappa shape index (κ3) is 3.90. The van der Waals surface area contributed by atoms with Crippen molar-refractivity contribution in [3.05, 3.63) is 54.1 Å². The van der Waals surface area contributed by atoms with Gasteiger partial charge in [-0.2, -0.15) is 0 Å². The largest absolute Gasteiger partial charge is 0.491 e. The molecule has 0 radical (unpaired) electrons. The van der Waals surface area contributed by atoms with Crippen LogP contribution in [0.1, 0.15) is 24.2 Å². The van der Waals surface area contributed by atoms with Gasteiger partial charge in [0.05, 0.1) is 16.3 Å². The molecule has 1 aliphatic rings. The molecule has 0 saturated carbocycles. The van der Waals surface area contributed by atoms with E-state index in [0.29, 0.717) is 18.7 Å². The number of ether oxygens (including phenoxy) is 1. The van der Waals surface area contributed by atoms with Gasteiger partial charge in [0.25, 0.3) is 5.91 Å². The molecule has 3 aromatic rings. The first kappa shape index (κ1) is 17.8. The Labute approximate surface area is 163 Å². The summed E-state index contributed by atoms with van der Waals surface area (Å²) in [5.41, 5.74) is 1.75. The third-order valence-corrected chi connectivity index (χ3v) is 5.69. The molecule has 0 aliphatic carbocycles. The van der Waals surface area contributed by atoms with Gasteiger partial charge in [0, 0.05) is 31.7 Å². The summed E-state index contributed by atoms with van der Waals surface area (Å²) in [6.07, 6.45) is 0.127. The molecule has 1 amide bonds. The zero-order valence-electron chi connectivity index (χ0n) is 15.6. The first-order chi connectivity index (χ1) is 13.1. The van der Waals surface area contributed by atoms with Gasteiger partial charge in [0.1, 0.15) is 5.75 Å². The zero-order valence-corrected chi connectivity index (χ0v) is 16.4. The second-order valence-corrected chi connectivity index (χ2v) is 7.94. The van der Waals surface area contributed by atoms with Gasteiger partial charge >= 0.3 is 0 Å². The lowest BCUT2D eigenvalue weighted by Gasteiger charge is -2.34. The van der Waals surface area contributed by atoms with Gasteiger partial charge in [-0.15, -0.1) is 0 Å². The SMILES string of the molecule is CC(C)Oc1ccc(C(=O)N2CCN(c3nc4ccccc4s3)CC2)cc1. The van der Waals surface area contributed by atoms with Crippen molar-refractivity contribution in [1.82, 2.24) is 9.88 Å². The Morgan fingerprint density at radius 1 is 1.04 bits per heavy atom. The van der Waals surface area contributed by atoms with Crippen LogP contribution in [0.5, 0.6) is 5.75 Å². The van der Waals surface area contributed by atoms with Crippen LogP contribution in [0.25, 0.3) is 10.2 Å². The predicted molar refractivity (Wildman–Crippen MR) is 110 cm³/mol.